The Bertz CT molecular complexity index is 1600. The molecule has 156 valence electrons. The van der Waals surface area contributed by atoms with E-state index in [4.69, 9.17) is 4.42 Å². The molecule has 0 aliphatic rings. The quantitative estimate of drug-likeness (QED) is 0.465. The number of sulfonamides is 1. The van der Waals surface area contributed by atoms with Gasteiger partial charge < -0.3 is 4.42 Å². The molecule has 0 atom stereocenters. The normalized spacial score (nSPS) is 11.9. The molecule has 5 aromatic rings. The minimum absolute atomic E-state index is 0.0260. The molecule has 10 heteroatoms. The highest BCUT2D eigenvalue weighted by atomic mass is 32.2. The van der Waals surface area contributed by atoms with Gasteiger partial charge in [-0.05, 0) is 42.8 Å². The third-order valence-corrected chi connectivity index (χ3v) is 6.45. The third kappa shape index (κ3) is 3.26. The zero-order valence-corrected chi connectivity index (χ0v) is 17.4. The number of rotatable bonds is 4. The molecule has 3 aromatic heterocycles. The Morgan fingerprint density at radius 1 is 1.13 bits per heavy atom. The molecule has 0 unspecified atom stereocenters. The summed E-state index contributed by atoms with van der Waals surface area (Å²) in [5, 5.41) is 0. The maximum absolute atomic E-state index is 13.0. The van der Waals surface area contributed by atoms with Gasteiger partial charge in [0.2, 0.25) is 5.78 Å². The van der Waals surface area contributed by atoms with Crippen LogP contribution in [0.1, 0.15) is 5.56 Å². The molecular formula is C21H17N5O4S. The average molecular weight is 435 g/mol. The molecule has 0 spiro atoms. The number of hydrogen-bond donors (Lipinski definition) is 1. The Morgan fingerprint density at radius 3 is 2.77 bits per heavy atom. The first kappa shape index (κ1) is 19.1. The molecule has 1 N–H and O–H groups in total. The zero-order chi connectivity index (χ0) is 21.8. The molecule has 31 heavy (non-hydrogen) atoms. The largest absolute Gasteiger partial charge is 0.419 e. The van der Waals surface area contributed by atoms with Crippen molar-refractivity contribution < 1.29 is 12.8 Å². The average Bonchev–Trinajstić information content (AvgIpc) is 3.30. The Hall–Kier alpha value is -3.92. The third-order valence-electron chi connectivity index (χ3n) is 5.09. The van der Waals surface area contributed by atoms with Crippen molar-refractivity contribution in [3.8, 4) is 11.3 Å². The minimum atomic E-state index is -3.90. The van der Waals surface area contributed by atoms with Gasteiger partial charge in [-0.2, -0.15) is 0 Å². The standard InChI is InChI=1S/C21H17N5O4S/c1-13-4-5-14(17-12-26-9-3-8-22-20(26)23-17)10-16(13)24-31(28,29)15-6-7-19-18(11-15)25(2)21(27)30-19/h3-12,24H,1-2H3. The summed E-state index contributed by atoms with van der Waals surface area (Å²) < 4.78 is 36.9. The molecule has 3 heterocycles. The maximum Gasteiger partial charge on any atom is 0.419 e. The number of aromatic nitrogens is 4. The minimum Gasteiger partial charge on any atom is -0.408 e. The van der Waals surface area contributed by atoms with E-state index in [1.807, 2.05) is 31.5 Å². The summed E-state index contributed by atoms with van der Waals surface area (Å²) in [6, 6.07) is 11.5. The number of imidazole rings is 1. The van der Waals surface area contributed by atoms with Crippen LogP contribution in [0.5, 0.6) is 0 Å². The summed E-state index contributed by atoms with van der Waals surface area (Å²) in [5.41, 5.74) is 3.34. The van der Waals surface area contributed by atoms with Crippen molar-refractivity contribution in [3.05, 3.63) is 77.2 Å². The molecule has 2 aromatic carbocycles. The van der Waals surface area contributed by atoms with Crippen LogP contribution in [0.25, 0.3) is 28.1 Å². The number of nitrogens with zero attached hydrogens (tertiary/aromatic N) is 4. The molecule has 0 amide bonds. The highest BCUT2D eigenvalue weighted by Crippen LogP contribution is 2.27. The van der Waals surface area contributed by atoms with Crippen LogP contribution in [0.2, 0.25) is 0 Å². The fourth-order valence-corrected chi connectivity index (χ4v) is 4.48. The summed E-state index contributed by atoms with van der Waals surface area (Å²) in [6.45, 7) is 1.82. The Morgan fingerprint density at radius 2 is 1.97 bits per heavy atom. The van der Waals surface area contributed by atoms with Crippen LogP contribution in [-0.2, 0) is 17.1 Å². The van der Waals surface area contributed by atoms with Gasteiger partial charge in [0.1, 0.15) is 0 Å². The van der Waals surface area contributed by atoms with E-state index in [0.29, 0.717) is 28.3 Å². The predicted molar refractivity (Wildman–Crippen MR) is 115 cm³/mol. The Balaban J connectivity index is 1.53. The topological polar surface area (TPSA) is 112 Å². The molecule has 0 aliphatic carbocycles. The van der Waals surface area contributed by atoms with Gasteiger partial charge in [0.05, 0.1) is 21.8 Å². The van der Waals surface area contributed by atoms with Crippen molar-refractivity contribution in [3.63, 3.8) is 0 Å². The van der Waals surface area contributed by atoms with Crippen LogP contribution < -0.4 is 10.5 Å². The number of oxazole rings is 1. The van der Waals surface area contributed by atoms with E-state index in [1.54, 1.807) is 22.7 Å². The second kappa shape index (κ2) is 6.81. The fourth-order valence-electron chi connectivity index (χ4n) is 3.34. The Kier molecular flexibility index (Phi) is 4.19. The SMILES string of the molecule is Cc1ccc(-c2cn3cccnc3n2)cc1NS(=O)(=O)c1ccc2oc(=O)n(C)c2c1. The van der Waals surface area contributed by atoms with Gasteiger partial charge in [-0.25, -0.2) is 23.2 Å². The van der Waals surface area contributed by atoms with E-state index in [9.17, 15) is 13.2 Å². The van der Waals surface area contributed by atoms with Gasteiger partial charge in [-0.1, -0.05) is 12.1 Å². The smallest absolute Gasteiger partial charge is 0.408 e. The van der Waals surface area contributed by atoms with E-state index in [0.717, 1.165) is 11.1 Å². The van der Waals surface area contributed by atoms with Crippen LogP contribution in [0.4, 0.5) is 5.69 Å². The number of aryl methyl sites for hydroxylation is 2. The van der Waals surface area contributed by atoms with Crippen LogP contribution in [0.15, 0.2) is 75.2 Å². The van der Waals surface area contributed by atoms with Crippen LogP contribution >= 0.6 is 0 Å². The lowest BCUT2D eigenvalue weighted by molar-refractivity contribution is 0.528. The highest BCUT2D eigenvalue weighted by Gasteiger charge is 2.19. The van der Waals surface area contributed by atoms with E-state index in [2.05, 4.69) is 14.7 Å². The molecule has 0 saturated heterocycles. The van der Waals surface area contributed by atoms with E-state index < -0.39 is 15.8 Å². The first-order valence-electron chi connectivity index (χ1n) is 9.35. The van der Waals surface area contributed by atoms with Gasteiger partial charge >= 0.3 is 5.76 Å². The van der Waals surface area contributed by atoms with Crippen molar-refractivity contribution in [2.45, 2.75) is 11.8 Å². The fraction of sp³-hybridized carbons (Fsp3) is 0.0952. The molecule has 0 aliphatic heterocycles. The monoisotopic (exact) mass is 435 g/mol. The van der Waals surface area contributed by atoms with Gasteiger partial charge in [-0.15, -0.1) is 0 Å². The molecule has 9 nitrogen and oxygen atoms in total. The molecule has 0 saturated carbocycles. The number of fused-ring (bicyclic) bond motifs is 2. The number of hydrogen-bond acceptors (Lipinski definition) is 6. The second-order valence-electron chi connectivity index (χ2n) is 7.14. The summed E-state index contributed by atoms with van der Waals surface area (Å²) in [6.07, 6.45) is 5.34. The van der Waals surface area contributed by atoms with Crippen molar-refractivity contribution in [1.29, 1.82) is 0 Å². The van der Waals surface area contributed by atoms with Crippen LogP contribution in [0.3, 0.4) is 0 Å². The van der Waals surface area contributed by atoms with Gasteiger partial charge in [-0.3, -0.25) is 13.7 Å². The second-order valence-corrected chi connectivity index (χ2v) is 8.83. The van der Waals surface area contributed by atoms with E-state index in [1.165, 1.54) is 29.8 Å². The van der Waals surface area contributed by atoms with E-state index in [-0.39, 0.29) is 4.90 Å². The maximum atomic E-state index is 13.0. The number of benzene rings is 2. The zero-order valence-electron chi connectivity index (χ0n) is 16.6. The van der Waals surface area contributed by atoms with Crippen molar-refractivity contribution in [2.75, 3.05) is 4.72 Å². The van der Waals surface area contributed by atoms with Crippen molar-refractivity contribution >= 4 is 32.6 Å². The summed E-state index contributed by atoms with van der Waals surface area (Å²) in [7, 11) is -2.38. The Labute approximate surface area is 176 Å². The first-order chi connectivity index (χ1) is 14.8. The van der Waals surface area contributed by atoms with Gasteiger partial charge in [0.25, 0.3) is 10.0 Å². The number of anilines is 1. The molecule has 0 bridgehead atoms. The molecule has 0 fully saturated rings. The van der Waals surface area contributed by atoms with Crippen molar-refractivity contribution in [1.82, 2.24) is 18.9 Å². The van der Waals surface area contributed by atoms with Crippen molar-refractivity contribution in [2.24, 2.45) is 7.05 Å². The first-order valence-corrected chi connectivity index (χ1v) is 10.8. The van der Waals surface area contributed by atoms with Crippen LogP contribution in [0, 0.1) is 6.92 Å². The van der Waals surface area contributed by atoms with E-state index >= 15 is 0 Å². The van der Waals surface area contributed by atoms with Gasteiger partial charge in [0.15, 0.2) is 5.58 Å². The predicted octanol–water partition coefficient (Wildman–Crippen LogP) is 2.95. The van der Waals surface area contributed by atoms with Crippen LogP contribution in [-0.4, -0.2) is 27.4 Å². The molecule has 5 rings (SSSR count). The highest BCUT2D eigenvalue weighted by molar-refractivity contribution is 7.92. The summed E-state index contributed by atoms with van der Waals surface area (Å²) in [5.74, 6) is 0.00206. The number of nitrogens with one attached hydrogen (secondary N) is 1. The molecule has 0 radical (unpaired) electrons. The molecular weight excluding hydrogens is 418 g/mol. The van der Waals surface area contributed by atoms with Gasteiger partial charge in [0, 0.05) is 31.2 Å². The lowest BCUT2D eigenvalue weighted by Gasteiger charge is -2.12. The summed E-state index contributed by atoms with van der Waals surface area (Å²) >= 11 is 0. The lowest BCUT2D eigenvalue weighted by atomic mass is 10.1. The lowest BCUT2D eigenvalue weighted by Crippen LogP contribution is -2.14. The summed E-state index contributed by atoms with van der Waals surface area (Å²) in [4.78, 5) is 20.4.